The lowest BCUT2D eigenvalue weighted by Crippen LogP contribution is -3.00. The summed E-state index contributed by atoms with van der Waals surface area (Å²) in [5.41, 5.74) is 0.493. The summed E-state index contributed by atoms with van der Waals surface area (Å²) >= 11 is 0. The summed E-state index contributed by atoms with van der Waals surface area (Å²) in [4.78, 5) is 0. The second kappa shape index (κ2) is 17.0. The van der Waals surface area contributed by atoms with E-state index in [0.29, 0.717) is 5.41 Å². The Hall–Kier alpha value is -1.66. The van der Waals surface area contributed by atoms with Crippen molar-refractivity contribution in [3.05, 3.63) is 91.0 Å². The molecule has 3 rings (SSSR count). The summed E-state index contributed by atoms with van der Waals surface area (Å²) in [6.45, 7) is 7.90. The van der Waals surface area contributed by atoms with Crippen LogP contribution in [-0.2, 0) is 4.74 Å². The molecule has 0 aromatic heterocycles. The zero-order valence-corrected chi connectivity index (χ0v) is 25.0. The van der Waals surface area contributed by atoms with Gasteiger partial charge in [0.25, 0.3) is 0 Å². The molecule has 0 saturated heterocycles. The average molecular weight is 539 g/mol. The Balaban J connectivity index is 0.00000481. The molecule has 3 aromatic rings. The number of hydrogen-bond acceptors (Lipinski definition) is 1. The second-order valence-corrected chi connectivity index (χ2v) is 14.8. The van der Waals surface area contributed by atoms with E-state index in [1.165, 1.54) is 73.7 Å². The molecular formula is C34H48ClOP. The third-order valence-corrected chi connectivity index (χ3v) is 11.2. The third kappa shape index (κ3) is 10.6. The fourth-order valence-corrected chi connectivity index (χ4v) is 8.80. The predicted octanol–water partition coefficient (Wildman–Crippen LogP) is 5.91. The molecule has 0 saturated carbocycles. The highest BCUT2D eigenvalue weighted by Gasteiger charge is 2.45. The number of hydrogen-bond donors (Lipinski definition) is 0. The van der Waals surface area contributed by atoms with Gasteiger partial charge < -0.3 is 17.1 Å². The van der Waals surface area contributed by atoms with Crippen LogP contribution in [0.5, 0.6) is 0 Å². The van der Waals surface area contributed by atoms with Gasteiger partial charge in [0.15, 0.2) is 6.35 Å². The molecule has 0 fully saturated rings. The first-order chi connectivity index (χ1) is 17.5. The second-order valence-electron chi connectivity index (χ2n) is 11.3. The summed E-state index contributed by atoms with van der Waals surface area (Å²) in [5, 5.41) is 4.18. The molecule has 0 unspecified atom stereocenters. The molecule has 0 aliphatic carbocycles. The standard InChI is InChI=1S/C34H48OP.ClH/c1-34(2,3)28-20-9-7-5-4-6-8-10-21-29-35-30-36(31-22-14-11-15-23-31,32-24-16-12-17-25-32)33-26-18-13-19-27-33;/h11-19,22-27H,4-10,20-21,28-30H2,1-3H3;1H/q+1;/p-1. The topological polar surface area (TPSA) is 9.23 Å². The van der Waals surface area contributed by atoms with Crippen molar-refractivity contribution < 1.29 is 17.1 Å². The average Bonchev–Trinajstić information content (AvgIpc) is 2.90. The molecule has 0 bridgehead atoms. The third-order valence-electron chi connectivity index (χ3n) is 7.09. The van der Waals surface area contributed by atoms with Gasteiger partial charge >= 0.3 is 0 Å². The number of unbranched alkanes of at least 4 members (excludes halogenated alkanes) is 8. The molecule has 0 aliphatic heterocycles. The Morgan fingerprint density at radius 2 is 0.865 bits per heavy atom. The zero-order chi connectivity index (χ0) is 25.5. The maximum Gasteiger partial charge on any atom is 0.171 e. The van der Waals surface area contributed by atoms with Gasteiger partial charge in [-0.15, -0.1) is 0 Å². The summed E-state index contributed by atoms with van der Waals surface area (Å²) in [6, 6.07) is 33.1. The van der Waals surface area contributed by atoms with Crippen LogP contribution in [0.1, 0.15) is 85.0 Å². The molecule has 0 spiro atoms. The Labute approximate surface area is 234 Å². The molecule has 0 atom stereocenters. The Bertz CT molecular complexity index is 857. The van der Waals surface area contributed by atoms with Crippen molar-refractivity contribution in [1.29, 1.82) is 0 Å². The highest BCUT2D eigenvalue weighted by molar-refractivity contribution is 7.95. The van der Waals surface area contributed by atoms with E-state index < -0.39 is 7.26 Å². The van der Waals surface area contributed by atoms with Crippen molar-refractivity contribution in [2.45, 2.75) is 85.0 Å². The van der Waals surface area contributed by atoms with Crippen LogP contribution in [0, 0.1) is 5.41 Å². The summed E-state index contributed by atoms with van der Waals surface area (Å²) in [7, 11) is -1.87. The van der Waals surface area contributed by atoms with Gasteiger partial charge in [0, 0.05) is 0 Å². The Morgan fingerprint density at radius 1 is 0.514 bits per heavy atom. The van der Waals surface area contributed by atoms with Crippen LogP contribution in [-0.4, -0.2) is 13.0 Å². The van der Waals surface area contributed by atoms with Crippen molar-refractivity contribution >= 4 is 23.2 Å². The van der Waals surface area contributed by atoms with Crippen molar-refractivity contribution in [2.24, 2.45) is 5.41 Å². The smallest absolute Gasteiger partial charge is 0.171 e. The first-order valence-electron chi connectivity index (χ1n) is 14.2. The van der Waals surface area contributed by atoms with Gasteiger partial charge in [0.1, 0.15) is 23.2 Å². The molecule has 0 amide bonds. The van der Waals surface area contributed by atoms with Crippen LogP contribution in [0.15, 0.2) is 91.0 Å². The molecule has 0 radical (unpaired) electrons. The van der Waals surface area contributed by atoms with Crippen LogP contribution in [0.4, 0.5) is 0 Å². The zero-order valence-electron chi connectivity index (χ0n) is 23.4. The maximum atomic E-state index is 6.51. The van der Waals surface area contributed by atoms with Gasteiger partial charge in [-0.2, -0.15) is 0 Å². The predicted molar refractivity (Wildman–Crippen MR) is 162 cm³/mol. The monoisotopic (exact) mass is 538 g/mol. The molecule has 0 N–H and O–H groups in total. The summed E-state index contributed by atoms with van der Waals surface area (Å²) in [6.07, 6.45) is 14.2. The Morgan fingerprint density at radius 3 is 1.24 bits per heavy atom. The SMILES string of the molecule is CC(C)(C)CCCCCCCCCCCOC[P+](c1ccccc1)(c1ccccc1)c1ccccc1.[Cl-]. The number of ether oxygens (including phenoxy) is 1. The van der Waals surface area contributed by atoms with Crippen molar-refractivity contribution in [2.75, 3.05) is 13.0 Å². The molecular weight excluding hydrogens is 491 g/mol. The fourth-order valence-electron chi connectivity index (χ4n) is 5.02. The van der Waals surface area contributed by atoms with Gasteiger partial charge in [-0.3, -0.25) is 0 Å². The van der Waals surface area contributed by atoms with Gasteiger partial charge in [-0.25, -0.2) is 0 Å². The molecule has 0 heterocycles. The normalized spacial score (nSPS) is 11.8. The number of rotatable bonds is 16. The van der Waals surface area contributed by atoms with Crippen LogP contribution in [0.25, 0.3) is 0 Å². The van der Waals surface area contributed by atoms with Crippen molar-refractivity contribution in [3.63, 3.8) is 0 Å². The number of benzene rings is 3. The first kappa shape index (κ1) is 31.6. The largest absolute Gasteiger partial charge is 1.00 e. The molecule has 3 aromatic carbocycles. The van der Waals surface area contributed by atoms with Crippen molar-refractivity contribution in [3.8, 4) is 0 Å². The van der Waals surface area contributed by atoms with E-state index in [9.17, 15) is 0 Å². The van der Waals surface area contributed by atoms with E-state index in [1.807, 2.05) is 0 Å². The highest BCUT2D eigenvalue weighted by atomic mass is 35.5. The molecule has 37 heavy (non-hydrogen) atoms. The lowest BCUT2D eigenvalue weighted by atomic mass is 9.89. The lowest BCUT2D eigenvalue weighted by Gasteiger charge is -2.27. The quantitative estimate of drug-likeness (QED) is 0.163. The van der Waals surface area contributed by atoms with Crippen LogP contribution >= 0.6 is 7.26 Å². The maximum absolute atomic E-state index is 6.51. The van der Waals surface area contributed by atoms with Crippen LogP contribution in [0.3, 0.4) is 0 Å². The van der Waals surface area contributed by atoms with Crippen molar-refractivity contribution in [1.82, 2.24) is 0 Å². The molecule has 3 heteroatoms. The summed E-state index contributed by atoms with van der Waals surface area (Å²) < 4.78 is 6.51. The van der Waals surface area contributed by atoms with E-state index in [0.717, 1.165) is 19.4 Å². The molecule has 1 nitrogen and oxygen atoms in total. The minimum absolute atomic E-state index is 0. The minimum Gasteiger partial charge on any atom is -1.00 e. The van der Waals surface area contributed by atoms with Crippen LogP contribution < -0.4 is 28.3 Å². The van der Waals surface area contributed by atoms with Gasteiger partial charge in [0.2, 0.25) is 0 Å². The van der Waals surface area contributed by atoms with E-state index in [4.69, 9.17) is 4.74 Å². The Kier molecular flexibility index (Phi) is 14.5. The van der Waals surface area contributed by atoms with E-state index in [-0.39, 0.29) is 12.4 Å². The van der Waals surface area contributed by atoms with Gasteiger partial charge in [0.05, 0.1) is 6.61 Å². The molecule has 202 valence electrons. The van der Waals surface area contributed by atoms with E-state index >= 15 is 0 Å². The minimum atomic E-state index is -1.87. The van der Waals surface area contributed by atoms with E-state index in [1.54, 1.807) is 0 Å². The van der Waals surface area contributed by atoms with E-state index in [2.05, 4.69) is 112 Å². The van der Waals surface area contributed by atoms with Crippen LogP contribution in [0.2, 0.25) is 0 Å². The highest BCUT2D eigenvalue weighted by Crippen LogP contribution is 2.55. The first-order valence-corrected chi connectivity index (χ1v) is 16.1. The number of halogens is 1. The molecule has 0 aliphatic rings. The fraction of sp³-hybridized carbons (Fsp3) is 0.471. The van der Waals surface area contributed by atoms with Gasteiger partial charge in [-0.05, 0) is 54.7 Å². The van der Waals surface area contributed by atoms with Gasteiger partial charge in [-0.1, -0.05) is 127 Å². The summed E-state index contributed by atoms with van der Waals surface area (Å²) in [5.74, 6) is 0. The lowest BCUT2D eigenvalue weighted by molar-refractivity contribution is -0.00000847.